The summed E-state index contributed by atoms with van der Waals surface area (Å²) in [6.07, 6.45) is 1.83. The lowest BCUT2D eigenvalue weighted by Crippen LogP contribution is -2.13. The number of nitrogens with two attached hydrogens (primary N) is 1. The zero-order valence-electron chi connectivity index (χ0n) is 10.5. The standard InChI is InChI=1S/C16H15N3/c17-15(13-9-5-2-6-10-13)16-18-11-14(19-16)12-7-3-1-4-8-12/h1-11,15H,17H2,(H,18,19)/t15-/m0/s1. The van der Waals surface area contributed by atoms with E-state index in [-0.39, 0.29) is 6.04 Å². The van der Waals surface area contributed by atoms with Crippen molar-refractivity contribution in [3.8, 4) is 11.3 Å². The van der Waals surface area contributed by atoms with Gasteiger partial charge in [-0.2, -0.15) is 0 Å². The van der Waals surface area contributed by atoms with Gasteiger partial charge in [-0.1, -0.05) is 60.7 Å². The third-order valence-corrected chi connectivity index (χ3v) is 3.13. The fourth-order valence-electron chi connectivity index (χ4n) is 2.08. The van der Waals surface area contributed by atoms with Gasteiger partial charge in [0.15, 0.2) is 0 Å². The lowest BCUT2D eigenvalue weighted by atomic mass is 10.1. The Bertz CT molecular complexity index is 644. The number of aromatic amines is 1. The average molecular weight is 249 g/mol. The number of benzene rings is 2. The number of nitrogens with zero attached hydrogens (tertiary/aromatic N) is 1. The molecule has 1 heterocycles. The SMILES string of the molecule is N[C@@H](c1ccccc1)c1ncc(-c2ccccc2)[nH]1. The van der Waals surface area contributed by atoms with Crippen molar-refractivity contribution >= 4 is 0 Å². The number of rotatable bonds is 3. The largest absolute Gasteiger partial charge is 0.340 e. The summed E-state index contributed by atoms with van der Waals surface area (Å²) in [7, 11) is 0. The summed E-state index contributed by atoms with van der Waals surface area (Å²) in [6.45, 7) is 0. The Hall–Kier alpha value is -2.39. The van der Waals surface area contributed by atoms with Crippen LogP contribution >= 0.6 is 0 Å². The summed E-state index contributed by atoms with van der Waals surface area (Å²) in [6, 6.07) is 19.8. The first kappa shape index (κ1) is 11.7. The molecule has 0 fully saturated rings. The van der Waals surface area contributed by atoms with E-state index in [9.17, 15) is 0 Å². The third kappa shape index (κ3) is 2.41. The van der Waals surface area contributed by atoms with E-state index in [4.69, 9.17) is 5.73 Å². The summed E-state index contributed by atoms with van der Waals surface area (Å²) in [5.74, 6) is 0.782. The van der Waals surface area contributed by atoms with Crippen molar-refractivity contribution in [1.82, 2.24) is 9.97 Å². The molecular formula is C16H15N3. The Morgan fingerprint density at radius 1 is 0.895 bits per heavy atom. The number of hydrogen-bond donors (Lipinski definition) is 2. The molecule has 2 aromatic carbocycles. The van der Waals surface area contributed by atoms with Crippen LogP contribution in [0.2, 0.25) is 0 Å². The normalized spacial score (nSPS) is 12.3. The van der Waals surface area contributed by atoms with Gasteiger partial charge >= 0.3 is 0 Å². The van der Waals surface area contributed by atoms with Crippen LogP contribution in [0.5, 0.6) is 0 Å². The molecule has 0 unspecified atom stereocenters. The Kier molecular flexibility index (Phi) is 3.12. The number of hydrogen-bond acceptors (Lipinski definition) is 2. The molecule has 0 bridgehead atoms. The van der Waals surface area contributed by atoms with E-state index in [1.54, 1.807) is 0 Å². The first-order valence-electron chi connectivity index (χ1n) is 6.25. The van der Waals surface area contributed by atoms with Crippen LogP contribution in [0.15, 0.2) is 66.9 Å². The monoisotopic (exact) mass is 249 g/mol. The fraction of sp³-hybridized carbons (Fsp3) is 0.0625. The van der Waals surface area contributed by atoms with Gasteiger partial charge in [0.2, 0.25) is 0 Å². The second-order valence-corrected chi connectivity index (χ2v) is 4.44. The van der Waals surface area contributed by atoms with E-state index in [0.29, 0.717) is 0 Å². The Morgan fingerprint density at radius 2 is 1.53 bits per heavy atom. The van der Waals surface area contributed by atoms with Gasteiger partial charge in [-0.3, -0.25) is 0 Å². The minimum absolute atomic E-state index is 0.223. The van der Waals surface area contributed by atoms with Gasteiger partial charge in [0.05, 0.1) is 17.9 Å². The molecule has 0 saturated carbocycles. The summed E-state index contributed by atoms with van der Waals surface area (Å²) >= 11 is 0. The van der Waals surface area contributed by atoms with Crippen LogP contribution < -0.4 is 5.73 Å². The van der Waals surface area contributed by atoms with Gasteiger partial charge in [-0.15, -0.1) is 0 Å². The molecule has 3 N–H and O–H groups in total. The quantitative estimate of drug-likeness (QED) is 0.749. The second-order valence-electron chi connectivity index (χ2n) is 4.44. The lowest BCUT2D eigenvalue weighted by Gasteiger charge is -2.08. The molecule has 1 aromatic heterocycles. The maximum Gasteiger partial charge on any atom is 0.128 e. The Labute approximate surface area is 112 Å². The lowest BCUT2D eigenvalue weighted by molar-refractivity contribution is 0.801. The van der Waals surface area contributed by atoms with Crippen LogP contribution in [0, 0.1) is 0 Å². The van der Waals surface area contributed by atoms with Crippen molar-refractivity contribution in [3.05, 3.63) is 78.2 Å². The van der Waals surface area contributed by atoms with Crippen molar-refractivity contribution in [2.75, 3.05) is 0 Å². The third-order valence-electron chi connectivity index (χ3n) is 3.13. The van der Waals surface area contributed by atoms with Crippen molar-refractivity contribution in [1.29, 1.82) is 0 Å². The van der Waals surface area contributed by atoms with Crippen LogP contribution in [-0.4, -0.2) is 9.97 Å². The molecule has 3 nitrogen and oxygen atoms in total. The van der Waals surface area contributed by atoms with E-state index >= 15 is 0 Å². The van der Waals surface area contributed by atoms with Crippen LogP contribution in [-0.2, 0) is 0 Å². The highest BCUT2D eigenvalue weighted by atomic mass is 15.0. The molecule has 3 rings (SSSR count). The summed E-state index contributed by atoms with van der Waals surface area (Å²) in [4.78, 5) is 7.68. The van der Waals surface area contributed by atoms with Gasteiger partial charge in [-0.25, -0.2) is 4.98 Å². The van der Waals surface area contributed by atoms with Crippen LogP contribution in [0.3, 0.4) is 0 Å². The molecule has 19 heavy (non-hydrogen) atoms. The van der Waals surface area contributed by atoms with Gasteiger partial charge < -0.3 is 10.7 Å². The van der Waals surface area contributed by atoms with Crippen molar-refractivity contribution in [2.45, 2.75) is 6.04 Å². The van der Waals surface area contributed by atoms with Crippen LogP contribution in [0.1, 0.15) is 17.4 Å². The van der Waals surface area contributed by atoms with Crippen molar-refractivity contribution in [2.24, 2.45) is 5.73 Å². The first-order chi connectivity index (χ1) is 9.34. The molecule has 0 aliphatic rings. The second kappa shape index (κ2) is 5.08. The zero-order valence-corrected chi connectivity index (χ0v) is 10.5. The molecule has 3 heteroatoms. The summed E-state index contributed by atoms with van der Waals surface area (Å²) < 4.78 is 0. The summed E-state index contributed by atoms with van der Waals surface area (Å²) in [5, 5.41) is 0. The van der Waals surface area contributed by atoms with Crippen LogP contribution in [0.4, 0.5) is 0 Å². The van der Waals surface area contributed by atoms with Crippen molar-refractivity contribution in [3.63, 3.8) is 0 Å². The molecule has 1 atom stereocenters. The highest BCUT2D eigenvalue weighted by molar-refractivity contribution is 5.58. The highest BCUT2D eigenvalue weighted by Crippen LogP contribution is 2.21. The maximum atomic E-state index is 6.21. The van der Waals surface area contributed by atoms with Gasteiger partial charge in [0.25, 0.3) is 0 Å². The van der Waals surface area contributed by atoms with E-state index in [0.717, 1.165) is 22.6 Å². The molecule has 0 amide bonds. The summed E-state index contributed by atoms with van der Waals surface area (Å²) in [5.41, 5.74) is 9.37. The van der Waals surface area contributed by atoms with E-state index in [1.807, 2.05) is 66.9 Å². The molecule has 0 saturated heterocycles. The molecule has 3 aromatic rings. The Morgan fingerprint density at radius 3 is 2.21 bits per heavy atom. The number of imidazole rings is 1. The van der Waals surface area contributed by atoms with Crippen molar-refractivity contribution < 1.29 is 0 Å². The van der Waals surface area contributed by atoms with Gasteiger partial charge in [0, 0.05) is 0 Å². The molecule has 0 spiro atoms. The average Bonchev–Trinajstić information content (AvgIpc) is 2.98. The number of nitrogens with one attached hydrogen (secondary N) is 1. The molecule has 0 aliphatic carbocycles. The highest BCUT2D eigenvalue weighted by Gasteiger charge is 2.12. The predicted molar refractivity (Wildman–Crippen MR) is 76.5 cm³/mol. The Balaban J connectivity index is 1.90. The first-order valence-corrected chi connectivity index (χ1v) is 6.25. The van der Waals surface area contributed by atoms with Gasteiger partial charge in [-0.05, 0) is 11.1 Å². The van der Waals surface area contributed by atoms with Gasteiger partial charge in [0.1, 0.15) is 5.82 Å². The van der Waals surface area contributed by atoms with Crippen LogP contribution in [0.25, 0.3) is 11.3 Å². The number of H-pyrrole nitrogens is 1. The molecule has 0 radical (unpaired) electrons. The molecule has 0 aliphatic heterocycles. The van der Waals surface area contributed by atoms with E-state index in [2.05, 4.69) is 9.97 Å². The minimum atomic E-state index is -0.223. The molecular weight excluding hydrogens is 234 g/mol. The predicted octanol–water partition coefficient (Wildman–Crippen LogP) is 3.12. The maximum absolute atomic E-state index is 6.21. The van der Waals surface area contributed by atoms with E-state index < -0.39 is 0 Å². The topological polar surface area (TPSA) is 54.7 Å². The zero-order chi connectivity index (χ0) is 13.1. The fourth-order valence-corrected chi connectivity index (χ4v) is 2.08. The minimum Gasteiger partial charge on any atom is -0.340 e. The smallest absolute Gasteiger partial charge is 0.128 e. The van der Waals surface area contributed by atoms with E-state index in [1.165, 1.54) is 0 Å². The number of aromatic nitrogens is 2. The molecule has 94 valence electrons.